The number of fused-ring (bicyclic) bond motifs is 2. The van der Waals surface area contributed by atoms with Crippen molar-refractivity contribution < 1.29 is 14.3 Å². The minimum absolute atomic E-state index is 0.168. The topological polar surface area (TPSA) is 112 Å². The molecular weight excluding hydrogens is 508 g/mol. The molecule has 2 atom stereocenters. The lowest BCUT2D eigenvalue weighted by Crippen LogP contribution is -2.55. The summed E-state index contributed by atoms with van der Waals surface area (Å²) in [5, 5.41) is 14.2. The van der Waals surface area contributed by atoms with Crippen LogP contribution in [0.4, 0.5) is 5.82 Å². The Morgan fingerprint density at radius 2 is 2.20 bits per heavy atom. The predicted octanol–water partition coefficient (Wildman–Crippen LogP) is 2.24. The smallest absolute Gasteiger partial charge is 0.336 e. The molecule has 0 radical (unpaired) electrons. The summed E-state index contributed by atoms with van der Waals surface area (Å²) in [7, 11) is 2.12. The molecule has 0 saturated carbocycles. The number of amides is 1. The fraction of sp³-hybridized carbons (Fsp3) is 0.483. The molecule has 2 saturated heterocycles. The first-order valence-electron chi connectivity index (χ1n) is 13.9. The number of carbonyl (C=O) groups excluding carboxylic acids is 1. The van der Waals surface area contributed by atoms with Crippen LogP contribution in [0.25, 0.3) is 5.65 Å². The van der Waals surface area contributed by atoms with E-state index in [1.165, 1.54) is 11.6 Å². The average molecular weight is 543 g/mol. The minimum atomic E-state index is -0.283. The number of ether oxygens (including phenoxy) is 2. The Bertz CT molecular complexity index is 1460. The van der Waals surface area contributed by atoms with Gasteiger partial charge in [-0.1, -0.05) is 24.8 Å². The van der Waals surface area contributed by atoms with Crippen molar-refractivity contribution in [3.05, 3.63) is 53.9 Å². The lowest BCUT2D eigenvalue weighted by molar-refractivity contribution is -0.128. The Kier molecular flexibility index (Phi) is 7.26. The Labute approximate surface area is 233 Å². The second-order valence-electron chi connectivity index (χ2n) is 10.7. The van der Waals surface area contributed by atoms with Gasteiger partial charge in [-0.05, 0) is 38.1 Å². The summed E-state index contributed by atoms with van der Waals surface area (Å²) >= 11 is 0. The number of likely N-dealkylation sites (N-methyl/N-ethyl adjacent to an activating group) is 1. The number of rotatable bonds is 8. The van der Waals surface area contributed by atoms with Gasteiger partial charge in [0.05, 0.1) is 37.0 Å². The van der Waals surface area contributed by atoms with Crippen LogP contribution in [-0.2, 0) is 17.6 Å². The molecule has 0 spiro atoms. The van der Waals surface area contributed by atoms with Crippen LogP contribution in [0, 0.1) is 11.3 Å². The van der Waals surface area contributed by atoms with Gasteiger partial charge in [0, 0.05) is 44.1 Å². The van der Waals surface area contributed by atoms with E-state index in [2.05, 4.69) is 47.7 Å². The van der Waals surface area contributed by atoms with E-state index in [9.17, 15) is 10.1 Å². The number of piperazine rings is 1. The maximum absolute atomic E-state index is 12.5. The van der Waals surface area contributed by atoms with E-state index in [1.54, 1.807) is 4.90 Å². The van der Waals surface area contributed by atoms with Crippen molar-refractivity contribution in [3.63, 3.8) is 0 Å². The van der Waals surface area contributed by atoms with Crippen molar-refractivity contribution in [2.75, 3.05) is 51.3 Å². The number of nitriles is 1. The van der Waals surface area contributed by atoms with Crippen molar-refractivity contribution in [3.8, 4) is 17.8 Å². The Morgan fingerprint density at radius 3 is 3.00 bits per heavy atom. The van der Waals surface area contributed by atoms with Crippen molar-refractivity contribution in [1.29, 1.82) is 5.26 Å². The Hall–Kier alpha value is -4.17. The van der Waals surface area contributed by atoms with Crippen molar-refractivity contribution in [2.45, 2.75) is 44.2 Å². The number of anilines is 1. The maximum atomic E-state index is 12.5. The molecule has 2 fully saturated rings. The first-order chi connectivity index (χ1) is 19.6. The second-order valence-corrected chi connectivity index (χ2v) is 10.7. The fourth-order valence-corrected chi connectivity index (χ4v) is 6.00. The highest BCUT2D eigenvalue weighted by molar-refractivity contribution is 5.87. The highest BCUT2D eigenvalue weighted by atomic mass is 16.5. The van der Waals surface area contributed by atoms with E-state index in [0.29, 0.717) is 56.8 Å². The SMILES string of the molecule is C=CC(=O)N1CCN(c2nc(OC[C@@H]3CCCN3C)nn3c(Cc4cccc5c4OCC5)cnc23)C[C@@H]1CC#N. The zero-order valence-electron chi connectivity index (χ0n) is 22.8. The van der Waals surface area contributed by atoms with E-state index in [0.717, 1.165) is 42.8 Å². The van der Waals surface area contributed by atoms with Gasteiger partial charge in [0.15, 0.2) is 11.5 Å². The van der Waals surface area contributed by atoms with E-state index in [-0.39, 0.29) is 24.4 Å². The summed E-state index contributed by atoms with van der Waals surface area (Å²) in [5.41, 5.74) is 3.84. The summed E-state index contributed by atoms with van der Waals surface area (Å²) in [6.07, 6.45) is 7.10. The van der Waals surface area contributed by atoms with E-state index < -0.39 is 0 Å². The predicted molar refractivity (Wildman–Crippen MR) is 149 cm³/mol. The van der Waals surface area contributed by atoms with Gasteiger partial charge in [-0.15, -0.1) is 5.10 Å². The van der Waals surface area contributed by atoms with Crippen LogP contribution in [0.1, 0.15) is 36.1 Å². The number of hydrogen-bond donors (Lipinski definition) is 0. The Morgan fingerprint density at radius 1 is 1.30 bits per heavy atom. The summed E-state index contributed by atoms with van der Waals surface area (Å²) in [6, 6.07) is 8.82. The summed E-state index contributed by atoms with van der Waals surface area (Å²) in [6.45, 7) is 7.34. The number of nitrogens with zero attached hydrogens (tertiary/aromatic N) is 8. The normalized spacial score (nSPS) is 20.8. The highest BCUT2D eigenvalue weighted by Crippen LogP contribution is 2.32. The zero-order valence-corrected chi connectivity index (χ0v) is 22.8. The first-order valence-corrected chi connectivity index (χ1v) is 13.9. The van der Waals surface area contributed by atoms with Crippen LogP contribution in [0.2, 0.25) is 0 Å². The van der Waals surface area contributed by atoms with Gasteiger partial charge in [-0.25, -0.2) is 9.50 Å². The molecule has 0 bridgehead atoms. The van der Waals surface area contributed by atoms with Crippen LogP contribution in [0.15, 0.2) is 37.1 Å². The third-order valence-electron chi connectivity index (χ3n) is 8.21. The Balaban J connectivity index is 1.35. The molecule has 208 valence electrons. The van der Waals surface area contributed by atoms with Crippen molar-refractivity contribution >= 4 is 17.4 Å². The van der Waals surface area contributed by atoms with Gasteiger partial charge in [0.2, 0.25) is 5.91 Å². The van der Waals surface area contributed by atoms with Gasteiger partial charge in [-0.2, -0.15) is 10.2 Å². The van der Waals surface area contributed by atoms with Crippen LogP contribution in [0.3, 0.4) is 0 Å². The van der Waals surface area contributed by atoms with Crippen LogP contribution < -0.4 is 14.4 Å². The monoisotopic (exact) mass is 542 g/mol. The standard InChI is InChI=1S/C29H34N8O3/c1-3-25(38)36-14-13-35(18-22(36)9-11-30)28-27-31-17-24(16-21-7-4-6-20-10-15-39-26(20)21)37(27)33-29(32-28)40-19-23-8-5-12-34(23)2/h3-4,6-7,17,22-23H,1,5,8-10,12-16,18-19H2,2H3/t22-,23-/m0/s1. The van der Waals surface area contributed by atoms with Crippen LogP contribution >= 0.6 is 0 Å². The van der Waals surface area contributed by atoms with Gasteiger partial charge >= 0.3 is 6.01 Å². The third-order valence-corrected chi connectivity index (χ3v) is 8.21. The second kappa shape index (κ2) is 11.1. The molecular formula is C29H34N8O3. The molecule has 1 aromatic carbocycles. The molecule has 40 heavy (non-hydrogen) atoms. The minimum Gasteiger partial charge on any atom is -0.493 e. The molecule has 0 N–H and O–H groups in total. The molecule has 11 heteroatoms. The molecule has 0 aliphatic carbocycles. The fourth-order valence-electron chi connectivity index (χ4n) is 6.00. The number of benzene rings is 1. The number of aromatic nitrogens is 4. The van der Waals surface area contributed by atoms with Gasteiger partial charge in [0.1, 0.15) is 12.4 Å². The number of imidazole rings is 1. The zero-order chi connectivity index (χ0) is 27.6. The van der Waals surface area contributed by atoms with Crippen LogP contribution in [-0.4, -0.2) is 93.8 Å². The summed E-state index contributed by atoms with van der Waals surface area (Å²) in [4.78, 5) is 28.1. The largest absolute Gasteiger partial charge is 0.493 e. The lowest BCUT2D eigenvalue weighted by atomic mass is 10.0. The molecule has 3 aliphatic rings. The molecule has 1 amide bonds. The number of likely N-dealkylation sites (tertiary alicyclic amines) is 1. The van der Waals surface area contributed by atoms with E-state index in [1.807, 2.05) is 10.7 Å². The maximum Gasteiger partial charge on any atom is 0.336 e. The quantitative estimate of drug-likeness (QED) is 0.396. The molecule has 6 rings (SSSR count). The van der Waals surface area contributed by atoms with Gasteiger partial charge < -0.3 is 24.2 Å². The molecule has 11 nitrogen and oxygen atoms in total. The molecule has 5 heterocycles. The number of hydrogen-bond acceptors (Lipinski definition) is 9. The lowest BCUT2D eigenvalue weighted by Gasteiger charge is -2.40. The average Bonchev–Trinajstić information content (AvgIpc) is 3.72. The number of carbonyl (C=O) groups is 1. The number of para-hydroxylation sites is 1. The van der Waals surface area contributed by atoms with Gasteiger partial charge in [0.25, 0.3) is 0 Å². The van der Waals surface area contributed by atoms with Crippen molar-refractivity contribution in [1.82, 2.24) is 29.4 Å². The van der Waals surface area contributed by atoms with Crippen LogP contribution in [0.5, 0.6) is 11.8 Å². The molecule has 3 aliphatic heterocycles. The molecule has 3 aromatic rings. The summed E-state index contributed by atoms with van der Waals surface area (Å²) in [5.74, 6) is 1.42. The third kappa shape index (κ3) is 4.95. The van der Waals surface area contributed by atoms with Crippen molar-refractivity contribution in [2.24, 2.45) is 0 Å². The van der Waals surface area contributed by atoms with E-state index >= 15 is 0 Å². The summed E-state index contributed by atoms with van der Waals surface area (Å²) < 4.78 is 14.0. The molecule has 2 aromatic heterocycles. The molecule has 0 unspecified atom stereocenters. The highest BCUT2D eigenvalue weighted by Gasteiger charge is 2.32. The van der Waals surface area contributed by atoms with E-state index in [4.69, 9.17) is 24.5 Å². The first kappa shape index (κ1) is 26.1. The van der Waals surface area contributed by atoms with Gasteiger partial charge in [-0.3, -0.25) is 4.79 Å².